The number of nitrogens with zero attached hydrogens (tertiary/aromatic N) is 3. The number of amides is 1. The van der Waals surface area contributed by atoms with E-state index in [0.717, 1.165) is 12.8 Å². The lowest BCUT2D eigenvalue weighted by Gasteiger charge is -2.20. The number of thioether (sulfide) groups is 1. The van der Waals surface area contributed by atoms with Gasteiger partial charge in [-0.15, -0.1) is 0 Å². The largest absolute Gasteiger partial charge is 0.480 e. The summed E-state index contributed by atoms with van der Waals surface area (Å²) in [6.45, 7) is 0.0876. The predicted molar refractivity (Wildman–Crippen MR) is 75.1 cm³/mol. The van der Waals surface area contributed by atoms with E-state index in [0.29, 0.717) is 17.6 Å². The lowest BCUT2D eigenvalue weighted by Crippen LogP contribution is -2.37. The fourth-order valence-corrected chi connectivity index (χ4v) is 2.26. The number of carboxylic acids is 1. The van der Waals surface area contributed by atoms with Crippen molar-refractivity contribution in [2.24, 2.45) is 5.92 Å². The SMILES string of the molecule is CSc1ncc(Cl)c(C(=O)N(CC(=O)O)CC2CC2)n1. The third-order valence-corrected chi connectivity index (χ3v) is 3.73. The Morgan fingerprint density at radius 2 is 2.25 bits per heavy atom. The summed E-state index contributed by atoms with van der Waals surface area (Å²) in [4.78, 5) is 32.6. The van der Waals surface area contributed by atoms with Gasteiger partial charge in [0.1, 0.15) is 6.54 Å². The number of hydrogen-bond donors (Lipinski definition) is 1. The zero-order chi connectivity index (χ0) is 14.7. The molecule has 1 heterocycles. The van der Waals surface area contributed by atoms with Gasteiger partial charge >= 0.3 is 5.97 Å². The molecule has 2 rings (SSSR count). The molecule has 1 aromatic heterocycles. The molecule has 1 fully saturated rings. The molecule has 20 heavy (non-hydrogen) atoms. The highest BCUT2D eigenvalue weighted by molar-refractivity contribution is 7.98. The summed E-state index contributed by atoms with van der Waals surface area (Å²) in [6.07, 6.45) is 5.20. The van der Waals surface area contributed by atoms with Gasteiger partial charge in [-0.1, -0.05) is 23.4 Å². The van der Waals surface area contributed by atoms with E-state index in [-0.39, 0.29) is 17.3 Å². The Labute approximate surface area is 125 Å². The van der Waals surface area contributed by atoms with Gasteiger partial charge in [-0.3, -0.25) is 9.59 Å². The van der Waals surface area contributed by atoms with Gasteiger partial charge in [-0.2, -0.15) is 0 Å². The molecule has 0 spiro atoms. The normalized spacial score (nSPS) is 14.1. The summed E-state index contributed by atoms with van der Waals surface area (Å²) in [6, 6.07) is 0. The van der Waals surface area contributed by atoms with Gasteiger partial charge in [0.05, 0.1) is 11.2 Å². The minimum absolute atomic E-state index is 0.0629. The van der Waals surface area contributed by atoms with Crippen LogP contribution in [0.3, 0.4) is 0 Å². The lowest BCUT2D eigenvalue weighted by atomic mass is 10.3. The third kappa shape index (κ3) is 3.83. The smallest absolute Gasteiger partial charge is 0.323 e. The standard InChI is InChI=1S/C12H14ClN3O3S/c1-20-12-14-4-8(13)10(15-12)11(19)16(6-9(17)18)5-7-2-3-7/h4,7H,2-3,5-6H2,1H3,(H,17,18). The highest BCUT2D eigenvalue weighted by atomic mass is 35.5. The van der Waals surface area contributed by atoms with Crippen LogP contribution in [0.2, 0.25) is 5.02 Å². The molecular formula is C12H14ClN3O3S. The number of rotatable bonds is 6. The molecule has 0 atom stereocenters. The Bertz CT molecular complexity index is 537. The molecule has 1 saturated carbocycles. The van der Waals surface area contributed by atoms with Gasteiger partial charge < -0.3 is 10.0 Å². The van der Waals surface area contributed by atoms with Crippen LogP contribution in [-0.2, 0) is 4.79 Å². The number of carbonyl (C=O) groups is 2. The second-order valence-corrected chi connectivity index (χ2v) is 5.76. The Morgan fingerprint density at radius 1 is 1.55 bits per heavy atom. The minimum atomic E-state index is -1.05. The van der Waals surface area contributed by atoms with Gasteiger partial charge in [-0.05, 0) is 25.0 Å². The Hall–Kier alpha value is -1.34. The first-order valence-corrected chi connectivity index (χ1v) is 7.69. The van der Waals surface area contributed by atoms with Crippen molar-refractivity contribution in [2.45, 2.75) is 18.0 Å². The molecule has 0 aromatic carbocycles. The summed E-state index contributed by atoms with van der Waals surface area (Å²) in [5.74, 6) is -1.12. The molecule has 0 saturated heterocycles. The van der Waals surface area contributed by atoms with E-state index in [2.05, 4.69) is 9.97 Å². The van der Waals surface area contributed by atoms with Crippen molar-refractivity contribution in [3.8, 4) is 0 Å². The summed E-state index contributed by atoms with van der Waals surface area (Å²) >= 11 is 7.24. The molecule has 0 bridgehead atoms. The zero-order valence-electron chi connectivity index (χ0n) is 10.9. The van der Waals surface area contributed by atoms with Crippen molar-refractivity contribution < 1.29 is 14.7 Å². The van der Waals surface area contributed by atoms with Crippen LogP contribution in [0, 0.1) is 5.92 Å². The first kappa shape index (κ1) is 15.1. The van der Waals surface area contributed by atoms with E-state index in [1.54, 1.807) is 6.26 Å². The maximum atomic E-state index is 12.4. The second kappa shape index (κ2) is 6.41. The molecule has 1 amide bonds. The first-order chi connectivity index (χ1) is 9.51. The summed E-state index contributed by atoms with van der Waals surface area (Å²) < 4.78 is 0. The van der Waals surface area contributed by atoms with Crippen molar-refractivity contribution >= 4 is 35.2 Å². The molecule has 1 aromatic rings. The van der Waals surface area contributed by atoms with Crippen molar-refractivity contribution in [3.05, 3.63) is 16.9 Å². The Kier molecular flexibility index (Phi) is 4.82. The predicted octanol–water partition coefficient (Wildman–Crippen LogP) is 1.79. The van der Waals surface area contributed by atoms with E-state index in [1.165, 1.54) is 22.9 Å². The fourth-order valence-electron chi connectivity index (χ4n) is 1.74. The van der Waals surface area contributed by atoms with Crippen LogP contribution in [-0.4, -0.2) is 51.2 Å². The van der Waals surface area contributed by atoms with Crippen LogP contribution < -0.4 is 0 Å². The maximum absolute atomic E-state index is 12.4. The molecule has 108 valence electrons. The van der Waals surface area contributed by atoms with E-state index >= 15 is 0 Å². The number of aromatic nitrogens is 2. The quantitative estimate of drug-likeness (QED) is 0.636. The second-order valence-electron chi connectivity index (χ2n) is 4.58. The van der Waals surface area contributed by atoms with Crippen molar-refractivity contribution in [1.29, 1.82) is 0 Å². The van der Waals surface area contributed by atoms with Crippen LogP contribution in [0.5, 0.6) is 0 Å². The average molecular weight is 316 g/mol. The average Bonchev–Trinajstić information content (AvgIpc) is 3.21. The topological polar surface area (TPSA) is 83.4 Å². The molecule has 1 aliphatic rings. The number of halogens is 1. The van der Waals surface area contributed by atoms with Gasteiger partial charge in [0.15, 0.2) is 10.9 Å². The summed E-state index contributed by atoms with van der Waals surface area (Å²) in [5, 5.41) is 9.49. The van der Waals surface area contributed by atoms with Crippen LogP contribution in [0.25, 0.3) is 0 Å². The number of aliphatic carboxylic acids is 1. The number of carbonyl (C=O) groups excluding carboxylic acids is 1. The molecule has 1 N–H and O–H groups in total. The highest BCUT2D eigenvalue weighted by Gasteiger charge is 2.30. The van der Waals surface area contributed by atoms with E-state index < -0.39 is 11.9 Å². The zero-order valence-corrected chi connectivity index (χ0v) is 12.4. The van der Waals surface area contributed by atoms with Crippen LogP contribution >= 0.6 is 23.4 Å². The third-order valence-electron chi connectivity index (χ3n) is 2.90. The van der Waals surface area contributed by atoms with Gasteiger partial charge in [-0.25, -0.2) is 9.97 Å². The van der Waals surface area contributed by atoms with Crippen molar-refractivity contribution in [1.82, 2.24) is 14.9 Å². The monoisotopic (exact) mass is 315 g/mol. The molecule has 8 heteroatoms. The van der Waals surface area contributed by atoms with E-state index in [1.807, 2.05) is 0 Å². The lowest BCUT2D eigenvalue weighted by molar-refractivity contribution is -0.137. The van der Waals surface area contributed by atoms with Crippen molar-refractivity contribution in [2.75, 3.05) is 19.3 Å². The molecule has 0 aliphatic heterocycles. The maximum Gasteiger partial charge on any atom is 0.323 e. The number of hydrogen-bond acceptors (Lipinski definition) is 5. The Balaban J connectivity index is 2.22. The van der Waals surface area contributed by atoms with Crippen LogP contribution in [0.4, 0.5) is 0 Å². The fraction of sp³-hybridized carbons (Fsp3) is 0.500. The molecule has 0 radical (unpaired) electrons. The molecule has 0 unspecified atom stereocenters. The number of carboxylic acid groups (broad SMARTS) is 1. The van der Waals surface area contributed by atoms with Crippen LogP contribution in [0.15, 0.2) is 11.4 Å². The minimum Gasteiger partial charge on any atom is -0.480 e. The summed E-state index contributed by atoms with van der Waals surface area (Å²) in [5.41, 5.74) is 0.0629. The molecule has 6 nitrogen and oxygen atoms in total. The van der Waals surface area contributed by atoms with Crippen LogP contribution in [0.1, 0.15) is 23.3 Å². The highest BCUT2D eigenvalue weighted by Crippen LogP contribution is 2.30. The Morgan fingerprint density at radius 3 is 2.80 bits per heavy atom. The molecule has 1 aliphatic carbocycles. The molecular weight excluding hydrogens is 302 g/mol. The summed E-state index contributed by atoms with van der Waals surface area (Å²) in [7, 11) is 0. The van der Waals surface area contributed by atoms with Gasteiger partial charge in [0, 0.05) is 6.54 Å². The van der Waals surface area contributed by atoms with E-state index in [4.69, 9.17) is 16.7 Å². The van der Waals surface area contributed by atoms with Gasteiger partial charge in [0.2, 0.25) is 0 Å². The van der Waals surface area contributed by atoms with Crippen molar-refractivity contribution in [3.63, 3.8) is 0 Å². The van der Waals surface area contributed by atoms with Gasteiger partial charge in [0.25, 0.3) is 5.91 Å². The van der Waals surface area contributed by atoms with E-state index in [9.17, 15) is 9.59 Å². The first-order valence-electron chi connectivity index (χ1n) is 6.09.